The van der Waals surface area contributed by atoms with Crippen molar-refractivity contribution in [3.8, 4) is 0 Å². The Labute approximate surface area is 402 Å². The Morgan fingerprint density at radius 3 is 1.28 bits per heavy atom. The van der Waals surface area contributed by atoms with E-state index in [0.717, 1.165) is 83.5 Å². The largest absolute Gasteiger partial charge is 0.462 e. The number of rotatable bonds is 48. The standard InChI is InChI=1S/C59H103NO5/c1-4-7-10-13-16-19-22-25-27-29-31-33-36-39-42-45-48-51-57(62)56(54-61)60-58(63)53-55(50-47-44-41-38-35-24-21-18-15-12-9-6-3)65-59(64)52-49-46-43-40-37-34-32-30-28-26-23-20-17-14-11-8-5-2/h9,12,17-18,20-21,26,28,32,34-35,38,40,43,55-57,61-62H,4-8,10-11,13-16,19,22-25,27,29-31,33,36-37,39,41-42,44-54H2,1-3H3,(H,60,63)/b12-9+,20-17-,21-18+,28-26-,34-32-,38-35+,43-40-. The second-order valence-corrected chi connectivity index (χ2v) is 18.2. The highest BCUT2D eigenvalue weighted by molar-refractivity contribution is 5.77. The van der Waals surface area contributed by atoms with Crippen molar-refractivity contribution in [2.75, 3.05) is 6.61 Å². The molecule has 6 heteroatoms. The van der Waals surface area contributed by atoms with E-state index in [2.05, 4.69) is 111 Å². The van der Waals surface area contributed by atoms with Gasteiger partial charge in [0.25, 0.3) is 0 Å². The van der Waals surface area contributed by atoms with Crippen molar-refractivity contribution in [3.63, 3.8) is 0 Å². The summed E-state index contributed by atoms with van der Waals surface area (Å²) >= 11 is 0. The van der Waals surface area contributed by atoms with Gasteiger partial charge >= 0.3 is 5.97 Å². The van der Waals surface area contributed by atoms with Crippen LogP contribution < -0.4 is 5.32 Å². The maximum atomic E-state index is 13.2. The van der Waals surface area contributed by atoms with E-state index >= 15 is 0 Å². The van der Waals surface area contributed by atoms with Gasteiger partial charge in [-0.2, -0.15) is 0 Å². The molecule has 0 aromatic carbocycles. The fourth-order valence-corrected chi connectivity index (χ4v) is 7.85. The van der Waals surface area contributed by atoms with Crippen LogP contribution in [-0.4, -0.2) is 46.9 Å². The number of hydrogen-bond donors (Lipinski definition) is 3. The van der Waals surface area contributed by atoms with Crippen LogP contribution in [0.1, 0.15) is 252 Å². The molecule has 0 aliphatic heterocycles. The van der Waals surface area contributed by atoms with Crippen LogP contribution in [0.4, 0.5) is 0 Å². The third-order valence-corrected chi connectivity index (χ3v) is 12.0. The van der Waals surface area contributed by atoms with E-state index in [9.17, 15) is 19.8 Å². The number of ether oxygens (including phenoxy) is 1. The average molecular weight is 906 g/mol. The van der Waals surface area contributed by atoms with Crippen LogP contribution >= 0.6 is 0 Å². The molecule has 3 unspecified atom stereocenters. The number of unbranched alkanes of at least 4 members (excludes halogenated alkanes) is 22. The molecule has 0 heterocycles. The number of hydrogen-bond acceptors (Lipinski definition) is 5. The van der Waals surface area contributed by atoms with E-state index in [4.69, 9.17) is 4.74 Å². The Morgan fingerprint density at radius 2 is 0.831 bits per heavy atom. The number of carbonyl (C=O) groups is 2. The number of aliphatic hydroxyl groups excluding tert-OH is 2. The Balaban J connectivity index is 4.63. The summed E-state index contributed by atoms with van der Waals surface area (Å²) in [7, 11) is 0. The van der Waals surface area contributed by atoms with Crippen LogP contribution in [0.15, 0.2) is 85.1 Å². The second-order valence-electron chi connectivity index (χ2n) is 18.2. The fraction of sp³-hybridized carbons (Fsp3) is 0.729. The summed E-state index contributed by atoms with van der Waals surface area (Å²) < 4.78 is 5.89. The quantitative estimate of drug-likeness (QED) is 0.0321. The number of aliphatic hydroxyl groups is 2. The van der Waals surface area contributed by atoms with Gasteiger partial charge in [0.05, 0.1) is 25.2 Å². The number of nitrogens with one attached hydrogen (secondary N) is 1. The van der Waals surface area contributed by atoms with E-state index in [1.807, 2.05) is 0 Å². The second kappa shape index (κ2) is 52.0. The summed E-state index contributed by atoms with van der Waals surface area (Å²) in [6.07, 6.45) is 68.0. The van der Waals surface area contributed by atoms with Crippen molar-refractivity contribution < 1.29 is 24.5 Å². The van der Waals surface area contributed by atoms with E-state index in [0.29, 0.717) is 25.7 Å². The Morgan fingerprint density at radius 1 is 0.462 bits per heavy atom. The maximum absolute atomic E-state index is 13.2. The molecule has 0 aliphatic carbocycles. The van der Waals surface area contributed by atoms with Crippen molar-refractivity contribution in [2.24, 2.45) is 0 Å². The normalized spacial score (nSPS) is 13.9. The predicted octanol–water partition coefficient (Wildman–Crippen LogP) is 16.7. The van der Waals surface area contributed by atoms with Crippen LogP contribution in [-0.2, 0) is 14.3 Å². The SMILES string of the molecule is CC/C=C/C/C=C/C/C=C/CCCCC(CC(=O)NC(CO)C(O)CCCCCCCCCCCCCCCCCCC)OC(=O)CCC/C=C\C/C=C\C/C=C\C/C=C\CCCCC. The van der Waals surface area contributed by atoms with Gasteiger partial charge in [-0.15, -0.1) is 0 Å². The number of carbonyl (C=O) groups excluding carboxylic acids is 2. The molecule has 0 saturated carbocycles. The van der Waals surface area contributed by atoms with E-state index < -0.39 is 18.2 Å². The highest BCUT2D eigenvalue weighted by Gasteiger charge is 2.24. The number of allylic oxidation sites excluding steroid dienone is 14. The summed E-state index contributed by atoms with van der Waals surface area (Å²) in [4.78, 5) is 26.2. The molecule has 0 aromatic rings. The fourth-order valence-electron chi connectivity index (χ4n) is 7.85. The molecule has 374 valence electrons. The van der Waals surface area contributed by atoms with Gasteiger partial charge in [0.1, 0.15) is 6.10 Å². The number of amides is 1. The topological polar surface area (TPSA) is 95.9 Å². The lowest BCUT2D eigenvalue weighted by molar-refractivity contribution is -0.151. The summed E-state index contributed by atoms with van der Waals surface area (Å²) in [5, 5.41) is 23.8. The van der Waals surface area contributed by atoms with Gasteiger partial charge in [0.2, 0.25) is 5.91 Å². The molecule has 0 spiro atoms. The van der Waals surface area contributed by atoms with Gasteiger partial charge in [-0.25, -0.2) is 0 Å². The molecule has 0 rings (SSSR count). The lowest BCUT2D eigenvalue weighted by Crippen LogP contribution is -2.46. The molecular formula is C59H103NO5. The van der Waals surface area contributed by atoms with Crippen molar-refractivity contribution in [1.29, 1.82) is 0 Å². The van der Waals surface area contributed by atoms with Crippen LogP contribution in [0.2, 0.25) is 0 Å². The third kappa shape index (κ3) is 47.3. The summed E-state index contributed by atoms with van der Waals surface area (Å²) in [5.41, 5.74) is 0. The monoisotopic (exact) mass is 906 g/mol. The first-order valence-electron chi connectivity index (χ1n) is 27.3. The van der Waals surface area contributed by atoms with Crippen LogP contribution in [0.5, 0.6) is 0 Å². The van der Waals surface area contributed by atoms with Crippen LogP contribution in [0.25, 0.3) is 0 Å². The first-order chi connectivity index (χ1) is 32.0. The van der Waals surface area contributed by atoms with Gasteiger partial charge in [-0.3, -0.25) is 9.59 Å². The molecule has 6 nitrogen and oxygen atoms in total. The Bertz CT molecular complexity index is 1250. The van der Waals surface area contributed by atoms with Crippen molar-refractivity contribution >= 4 is 11.9 Å². The van der Waals surface area contributed by atoms with Crippen LogP contribution in [0.3, 0.4) is 0 Å². The van der Waals surface area contributed by atoms with E-state index in [-0.39, 0.29) is 24.9 Å². The molecular weight excluding hydrogens is 803 g/mol. The predicted molar refractivity (Wildman–Crippen MR) is 282 cm³/mol. The third-order valence-electron chi connectivity index (χ3n) is 12.0. The van der Waals surface area contributed by atoms with Gasteiger partial charge < -0.3 is 20.3 Å². The first kappa shape index (κ1) is 62.0. The Kier molecular flexibility index (Phi) is 49.6. The lowest BCUT2D eigenvalue weighted by Gasteiger charge is -2.24. The van der Waals surface area contributed by atoms with Gasteiger partial charge in [0.15, 0.2) is 0 Å². The minimum absolute atomic E-state index is 0.0262. The highest BCUT2D eigenvalue weighted by Crippen LogP contribution is 2.17. The van der Waals surface area contributed by atoms with Crippen molar-refractivity contribution in [1.82, 2.24) is 5.32 Å². The molecule has 3 N–H and O–H groups in total. The molecule has 0 fully saturated rings. The molecule has 65 heavy (non-hydrogen) atoms. The summed E-state index contributed by atoms with van der Waals surface area (Å²) in [5.74, 6) is -0.582. The molecule has 0 bridgehead atoms. The van der Waals surface area contributed by atoms with Gasteiger partial charge in [-0.05, 0) is 96.3 Å². The minimum Gasteiger partial charge on any atom is -0.462 e. The molecule has 0 radical (unpaired) electrons. The molecule has 0 aliphatic rings. The molecule has 0 saturated heterocycles. The first-order valence-corrected chi connectivity index (χ1v) is 27.3. The molecule has 1 amide bonds. The Hall–Kier alpha value is -2.96. The maximum Gasteiger partial charge on any atom is 0.306 e. The van der Waals surface area contributed by atoms with Crippen LogP contribution in [0, 0.1) is 0 Å². The van der Waals surface area contributed by atoms with E-state index in [1.54, 1.807) is 0 Å². The number of esters is 1. The van der Waals surface area contributed by atoms with Gasteiger partial charge in [0, 0.05) is 6.42 Å². The smallest absolute Gasteiger partial charge is 0.306 e. The zero-order valence-corrected chi connectivity index (χ0v) is 42.6. The van der Waals surface area contributed by atoms with Crippen molar-refractivity contribution in [2.45, 2.75) is 270 Å². The highest BCUT2D eigenvalue weighted by atomic mass is 16.5. The summed E-state index contributed by atoms with van der Waals surface area (Å²) in [6.45, 7) is 6.33. The zero-order valence-electron chi connectivity index (χ0n) is 42.6. The van der Waals surface area contributed by atoms with Crippen molar-refractivity contribution in [3.05, 3.63) is 85.1 Å². The molecule has 3 atom stereocenters. The zero-order chi connectivity index (χ0) is 47.4. The average Bonchev–Trinajstić information content (AvgIpc) is 3.30. The summed E-state index contributed by atoms with van der Waals surface area (Å²) in [6, 6.07) is -0.729. The molecule has 0 aromatic heterocycles. The minimum atomic E-state index is -0.812. The van der Waals surface area contributed by atoms with Gasteiger partial charge in [-0.1, -0.05) is 228 Å². The van der Waals surface area contributed by atoms with E-state index in [1.165, 1.54) is 116 Å². The lowest BCUT2D eigenvalue weighted by atomic mass is 10.0.